The fourth-order valence-corrected chi connectivity index (χ4v) is 3.68. The zero-order chi connectivity index (χ0) is 12.4. The molecule has 1 fully saturated rings. The lowest BCUT2D eigenvalue weighted by atomic mass is 10.1. The Bertz CT molecular complexity index is 353. The molecule has 3 unspecified atom stereocenters. The summed E-state index contributed by atoms with van der Waals surface area (Å²) in [7, 11) is 0. The smallest absolute Gasteiger partial charge is 0.0761 e. The van der Waals surface area contributed by atoms with Gasteiger partial charge in [-0.15, -0.1) is 0 Å². The van der Waals surface area contributed by atoms with Crippen molar-refractivity contribution in [2.75, 3.05) is 18.0 Å². The lowest BCUT2D eigenvalue weighted by Gasteiger charge is -2.36. The van der Waals surface area contributed by atoms with E-state index in [-0.39, 0.29) is 6.10 Å². The normalized spacial score (nSPS) is 26.9. The van der Waals surface area contributed by atoms with Gasteiger partial charge < -0.3 is 10.0 Å². The summed E-state index contributed by atoms with van der Waals surface area (Å²) < 4.78 is 0. The fourth-order valence-electron chi connectivity index (χ4n) is 2.35. The van der Waals surface area contributed by atoms with E-state index in [1.54, 1.807) is 6.92 Å². The van der Waals surface area contributed by atoms with E-state index in [1.807, 2.05) is 12.1 Å². The van der Waals surface area contributed by atoms with E-state index < -0.39 is 0 Å². The van der Waals surface area contributed by atoms with E-state index >= 15 is 0 Å². The monoisotopic (exact) mass is 251 g/mol. The summed E-state index contributed by atoms with van der Waals surface area (Å²) in [5.74, 6) is 0. The predicted molar refractivity (Wildman–Crippen MR) is 75.8 cm³/mol. The summed E-state index contributed by atoms with van der Waals surface area (Å²) in [6.45, 7) is 8.61. The van der Waals surface area contributed by atoms with Crippen molar-refractivity contribution in [2.24, 2.45) is 0 Å². The minimum Gasteiger partial charge on any atom is -0.389 e. The summed E-state index contributed by atoms with van der Waals surface area (Å²) in [6, 6.07) is 8.29. The molecule has 2 rings (SSSR count). The second-order valence-corrected chi connectivity index (χ2v) is 6.81. The van der Waals surface area contributed by atoms with Crippen LogP contribution in [-0.2, 0) is 0 Å². The number of thioether (sulfide) groups is 1. The molecule has 0 aliphatic carbocycles. The van der Waals surface area contributed by atoms with Crippen LogP contribution in [0.3, 0.4) is 0 Å². The van der Waals surface area contributed by atoms with Crippen LogP contribution in [0.1, 0.15) is 32.4 Å². The molecule has 0 radical (unpaired) electrons. The quantitative estimate of drug-likeness (QED) is 0.874. The molecule has 3 heteroatoms. The Balaban J connectivity index is 2.11. The first kappa shape index (κ1) is 12.8. The molecule has 0 spiro atoms. The highest BCUT2D eigenvalue weighted by molar-refractivity contribution is 8.00. The molecule has 0 bridgehead atoms. The van der Waals surface area contributed by atoms with Crippen LogP contribution in [0, 0.1) is 0 Å². The van der Waals surface area contributed by atoms with Crippen molar-refractivity contribution in [1.29, 1.82) is 0 Å². The van der Waals surface area contributed by atoms with Gasteiger partial charge in [0.05, 0.1) is 6.10 Å². The number of rotatable bonds is 2. The fraction of sp³-hybridized carbons (Fsp3) is 0.571. The maximum absolute atomic E-state index is 9.49. The minimum absolute atomic E-state index is 0.376. The van der Waals surface area contributed by atoms with Crippen LogP contribution in [0.15, 0.2) is 24.3 Å². The van der Waals surface area contributed by atoms with Gasteiger partial charge in [0.1, 0.15) is 0 Å². The molecule has 1 saturated heterocycles. The van der Waals surface area contributed by atoms with E-state index in [2.05, 4.69) is 42.6 Å². The summed E-state index contributed by atoms with van der Waals surface area (Å²) >= 11 is 2.07. The van der Waals surface area contributed by atoms with Crippen LogP contribution in [0.25, 0.3) is 0 Å². The Morgan fingerprint density at radius 2 is 1.71 bits per heavy atom. The van der Waals surface area contributed by atoms with Crippen molar-refractivity contribution >= 4 is 17.4 Å². The van der Waals surface area contributed by atoms with Crippen molar-refractivity contribution in [1.82, 2.24) is 0 Å². The molecule has 0 saturated carbocycles. The van der Waals surface area contributed by atoms with Crippen LogP contribution >= 0.6 is 11.8 Å². The minimum atomic E-state index is -0.376. The van der Waals surface area contributed by atoms with E-state index in [0.29, 0.717) is 10.5 Å². The number of hydrogen-bond acceptors (Lipinski definition) is 3. The Morgan fingerprint density at radius 1 is 1.18 bits per heavy atom. The molecule has 94 valence electrons. The molecule has 0 aromatic heterocycles. The third-order valence-corrected chi connectivity index (χ3v) is 4.39. The number of anilines is 1. The number of hydrogen-bond donors (Lipinski definition) is 1. The average molecular weight is 251 g/mol. The molecule has 3 atom stereocenters. The van der Waals surface area contributed by atoms with Gasteiger partial charge in [-0.05, 0) is 24.6 Å². The van der Waals surface area contributed by atoms with E-state index in [0.717, 1.165) is 18.7 Å². The van der Waals surface area contributed by atoms with Crippen LogP contribution in [0.5, 0.6) is 0 Å². The standard InChI is InChI=1S/C14H21NOS/c1-10-8-15(9-11(2)17-10)14-6-4-13(5-7-14)12(3)16/h4-7,10-12,16H,8-9H2,1-3H3. The Kier molecular flexibility index (Phi) is 4.00. The Labute approximate surface area is 108 Å². The van der Waals surface area contributed by atoms with Gasteiger partial charge in [0.25, 0.3) is 0 Å². The predicted octanol–water partition coefficient (Wildman–Crippen LogP) is 3.07. The van der Waals surface area contributed by atoms with Gasteiger partial charge in [-0.2, -0.15) is 11.8 Å². The zero-order valence-electron chi connectivity index (χ0n) is 10.8. The third-order valence-electron chi connectivity index (χ3n) is 3.16. The zero-order valence-corrected chi connectivity index (χ0v) is 11.6. The summed E-state index contributed by atoms with van der Waals surface area (Å²) in [6.07, 6.45) is -0.376. The summed E-state index contributed by atoms with van der Waals surface area (Å²) in [5.41, 5.74) is 2.26. The number of aliphatic hydroxyl groups is 1. The average Bonchev–Trinajstić information content (AvgIpc) is 2.28. The van der Waals surface area contributed by atoms with Crippen LogP contribution in [0.2, 0.25) is 0 Å². The molecule has 17 heavy (non-hydrogen) atoms. The highest BCUT2D eigenvalue weighted by atomic mass is 32.2. The van der Waals surface area contributed by atoms with Gasteiger partial charge in [-0.25, -0.2) is 0 Å². The first-order valence-electron chi connectivity index (χ1n) is 6.24. The molecule has 0 amide bonds. The van der Waals surface area contributed by atoms with Gasteiger partial charge in [0.15, 0.2) is 0 Å². The summed E-state index contributed by atoms with van der Waals surface area (Å²) in [4.78, 5) is 2.44. The molecule has 1 aliphatic rings. The van der Waals surface area contributed by atoms with Crippen LogP contribution in [0.4, 0.5) is 5.69 Å². The lowest BCUT2D eigenvalue weighted by Crippen LogP contribution is -2.40. The molecule has 2 nitrogen and oxygen atoms in total. The van der Waals surface area contributed by atoms with E-state index in [1.165, 1.54) is 5.69 Å². The largest absolute Gasteiger partial charge is 0.389 e. The maximum Gasteiger partial charge on any atom is 0.0761 e. The Hall–Kier alpha value is -0.670. The summed E-state index contributed by atoms with van der Waals surface area (Å²) in [5, 5.41) is 10.9. The molecule has 1 aliphatic heterocycles. The second-order valence-electron chi connectivity index (χ2n) is 4.93. The molecular formula is C14H21NOS. The lowest BCUT2D eigenvalue weighted by molar-refractivity contribution is 0.199. The maximum atomic E-state index is 9.49. The second kappa shape index (κ2) is 5.32. The molecule has 1 aromatic rings. The van der Waals surface area contributed by atoms with Crippen LogP contribution in [-0.4, -0.2) is 28.7 Å². The van der Waals surface area contributed by atoms with Crippen molar-refractivity contribution in [3.63, 3.8) is 0 Å². The van der Waals surface area contributed by atoms with Crippen molar-refractivity contribution in [3.05, 3.63) is 29.8 Å². The van der Waals surface area contributed by atoms with Crippen molar-refractivity contribution in [2.45, 2.75) is 37.4 Å². The molecule has 1 N–H and O–H groups in total. The van der Waals surface area contributed by atoms with Gasteiger partial charge in [-0.3, -0.25) is 0 Å². The molecule has 1 aromatic carbocycles. The van der Waals surface area contributed by atoms with Gasteiger partial charge in [0.2, 0.25) is 0 Å². The highest BCUT2D eigenvalue weighted by Gasteiger charge is 2.22. The Morgan fingerprint density at radius 3 is 2.18 bits per heavy atom. The van der Waals surface area contributed by atoms with Crippen molar-refractivity contribution < 1.29 is 5.11 Å². The van der Waals surface area contributed by atoms with Gasteiger partial charge in [0, 0.05) is 29.3 Å². The van der Waals surface area contributed by atoms with Gasteiger partial charge >= 0.3 is 0 Å². The molecular weight excluding hydrogens is 230 g/mol. The SMILES string of the molecule is CC1CN(c2ccc(C(C)O)cc2)CC(C)S1. The number of aliphatic hydroxyl groups excluding tert-OH is 1. The molecule has 1 heterocycles. The van der Waals surface area contributed by atoms with E-state index in [4.69, 9.17) is 0 Å². The van der Waals surface area contributed by atoms with Gasteiger partial charge in [-0.1, -0.05) is 26.0 Å². The third kappa shape index (κ3) is 3.17. The highest BCUT2D eigenvalue weighted by Crippen LogP contribution is 2.29. The number of benzene rings is 1. The number of nitrogens with zero attached hydrogens (tertiary/aromatic N) is 1. The topological polar surface area (TPSA) is 23.5 Å². The van der Waals surface area contributed by atoms with E-state index in [9.17, 15) is 5.11 Å². The first-order valence-corrected chi connectivity index (χ1v) is 7.19. The van der Waals surface area contributed by atoms with Crippen molar-refractivity contribution in [3.8, 4) is 0 Å². The van der Waals surface area contributed by atoms with Crippen LogP contribution < -0.4 is 4.90 Å². The first-order chi connectivity index (χ1) is 8.06.